The fraction of sp³-hybridized carbons (Fsp3) is 0.129. The van der Waals surface area contributed by atoms with Crippen molar-refractivity contribution in [3.63, 3.8) is 0 Å². The molecule has 9 heteroatoms. The molecular formula is C31H25N5O3S. The first-order chi connectivity index (χ1) is 19.3. The van der Waals surface area contributed by atoms with E-state index in [1.165, 1.54) is 0 Å². The van der Waals surface area contributed by atoms with Gasteiger partial charge >= 0.3 is 0 Å². The summed E-state index contributed by atoms with van der Waals surface area (Å²) in [5, 5.41) is 14.8. The molecule has 0 saturated heterocycles. The number of nitrogens with one attached hydrogen (secondary N) is 1. The second-order valence-corrected chi connectivity index (χ2v) is 11.3. The minimum Gasteiger partial charge on any atom is -0.472 e. The number of pyridine rings is 1. The summed E-state index contributed by atoms with van der Waals surface area (Å²) in [5.74, 6) is 0.544. The van der Waals surface area contributed by atoms with E-state index in [9.17, 15) is 13.7 Å². The van der Waals surface area contributed by atoms with Crippen LogP contribution in [0.2, 0.25) is 0 Å². The third-order valence-electron chi connectivity index (χ3n) is 6.88. The van der Waals surface area contributed by atoms with Crippen molar-refractivity contribution >= 4 is 37.8 Å². The van der Waals surface area contributed by atoms with Crippen LogP contribution in [0.5, 0.6) is 5.88 Å². The smallest absolute Gasteiger partial charge is 0.229 e. The predicted octanol–water partition coefficient (Wildman–Crippen LogP) is 5.93. The number of fused-ring (bicyclic) bond motifs is 3. The van der Waals surface area contributed by atoms with Crippen LogP contribution in [0, 0.1) is 11.3 Å². The van der Waals surface area contributed by atoms with E-state index in [4.69, 9.17) is 4.74 Å². The number of allylic oxidation sites excluding steroid dienone is 1. The maximum Gasteiger partial charge on any atom is 0.229 e. The molecular weight excluding hydrogens is 522 g/mol. The van der Waals surface area contributed by atoms with Crippen molar-refractivity contribution in [3.8, 4) is 17.6 Å². The third-order valence-corrected chi connectivity index (χ3v) is 7.48. The highest BCUT2D eigenvalue weighted by molar-refractivity contribution is 7.92. The predicted molar refractivity (Wildman–Crippen MR) is 155 cm³/mol. The van der Waals surface area contributed by atoms with Crippen LogP contribution in [0.15, 0.2) is 85.2 Å². The molecule has 0 bridgehead atoms. The van der Waals surface area contributed by atoms with Gasteiger partial charge < -0.3 is 4.74 Å². The van der Waals surface area contributed by atoms with Gasteiger partial charge in [-0.2, -0.15) is 10.4 Å². The van der Waals surface area contributed by atoms with Gasteiger partial charge in [-0.1, -0.05) is 19.1 Å². The molecule has 0 atom stereocenters. The number of sulfonamides is 1. The van der Waals surface area contributed by atoms with Gasteiger partial charge in [-0.15, -0.1) is 0 Å². The number of anilines is 1. The Morgan fingerprint density at radius 3 is 2.65 bits per heavy atom. The summed E-state index contributed by atoms with van der Waals surface area (Å²) in [6.45, 7) is 2.41. The van der Waals surface area contributed by atoms with Crippen molar-refractivity contribution < 1.29 is 13.2 Å². The monoisotopic (exact) mass is 547 g/mol. The molecule has 1 aliphatic heterocycles. The number of benzene rings is 3. The Kier molecular flexibility index (Phi) is 6.33. The van der Waals surface area contributed by atoms with Crippen LogP contribution in [0.1, 0.15) is 41.2 Å². The van der Waals surface area contributed by atoms with Crippen molar-refractivity contribution in [2.45, 2.75) is 20.0 Å². The van der Waals surface area contributed by atoms with E-state index < -0.39 is 10.0 Å². The summed E-state index contributed by atoms with van der Waals surface area (Å²) in [5.41, 5.74) is 8.66. The van der Waals surface area contributed by atoms with E-state index in [1.807, 2.05) is 53.3 Å². The average Bonchev–Trinajstić information content (AvgIpc) is 3.29. The SMILES string of the molecule is CC/C(=C1\c2cc3cnn(-c4ccc(C#N)cc4)c3cc2COc2ncccc21)c1cccc(NS(C)(=O)=O)c1. The summed E-state index contributed by atoms with van der Waals surface area (Å²) in [4.78, 5) is 4.54. The van der Waals surface area contributed by atoms with Crippen LogP contribution < -0.4 is 9.46 Å². The molecule has 5 aromatic rings. The lowest BCUT2D eigenvalue weighted by atomic mass is 9.86. The molecule has 1 N–H and O–H groups in total. The number of hydrogen-bond acceptors (Lipinski definition) is 6. The maximum atomic E-state index is 11.9. The average molecular weight is 548 g/mol. The second-order valence-electron chi connectivity index (χ2n) is 9.59. The number of nitrogens with zero attached hydrogens (tertiary/aromatic N) is 4. The number of ether oxygens (including phenoxy) is 1. The molecule has 6 rings (SSSR count). The van der Waals surface area contributed by atoms with Crippen molar-refractivity contribution in [3.05, 3.63) is 113 Å². The van der Waals surface area contributed by atoms with Gasteiger partial charge in [0, 0.05) is 22.8 Å². The van der Waals surface area contributed by atoms with Crippen molar-refractivity contribution in [1.29, 1.82) is 5.26 Å². The molecule has 198 valence electrons. The van der Waals surface area contributed by atoms with E-state index in [2.05, 4.69) is 39.9 Å². The van der Waals surface area contributed by atoms with Crippen LogP contribution in [0.3, 0.4) is 0 Å². The minimum atomic E-state index is -3.42. The largest absolute Gasteiger partial charge is 0.472 e. The zero-order valence-electron chi connectivity index (χ0n) is 21.9. The molecule has 2 aromatic heterocycles. The van der Waals surface area contributed by atoms with Crippen LogP contribution in [-0.4, -0.2) is 29.4 Å². The van der Waals surface area contributed by atoms with Gasteiger partial charge in [0.1, 0.15) is 6.61 Å². The summed E-state index contributed by atoms with van der Waals surface area (Å²) in [7, 11) is -3.42. The topological polar surface area (TPSA) is 110 Å². The van der Waals surface area contributed by atoms with E-state index in [0.29, 0.717) is 30.2 Å². The summed E-state index contributed by atoms with van der Waals surface area (Å²) < 4.78 is 34.5. The van der Waals surface area contributed by atoms with Gasteiger partial charge in [0.2, 0.25) is 15.9 Å². The molecule has 8 nitrogen and oxygen atoms in total. The molecule has 3 aromatic carbocycles. The molecule has 0 saturated carbocycles. The standard InChI is InChI=1S/C31H25N5O3S/c1-3-26(21-6-4-7-24(14-21)35-40(2,37)38)30-27-8-5-13-33-31(27)39-19-23-16-29-22(15-28(23)30)18-34-36(29)25-11-9-20(17-32)10-12-25/h4-16,18,35H,3,19H2,1-2H3/b30-26+. The fourth-order valence-corrected chi connectivity index (χ4v) is 5.73. The molecule has 0 unspecified atom stereocenters. The second kappa shape index (κ2) is 9.98. The maximum absolute atomic E-state index is 11.9. The Balaban J connectivity index is 1.58. The molecule has 0 amide bonds. The van der Waals surface area contributed by atoms with Crippen LogP contribution >= 0.6 is 0 Å². The van der Waals surface area contributed by atoms with Crippen LogP contribution in [0.25, 0.3) is 27.7 Å². The Labute approximate surface area is 232 Å². The van der Waals surface area contributed by atoms with Gasteiger partial charge in [0.15, 0.2) is 0 Å². The van der Waals surface area contributed by atoms with Gasteiger partial charge in [0.25, 0.3) is 0 Å². The lowest BCUT2D eigenvalue weighted by molar-refractivity contribution is 0.295. The molecule has 1 aliphatic rings. The molecule has 40 heavy (non-hydrogen) atoms. The Bertz CT molecular complexity index is 1950. The van der Waals surface area contributed by atoms with Crippen LogP contribution in [0.4, 0.5) is 5.69 Å². The fourth-order valence-electron chi connectivity index (χ4n) is 5.17. The molecule has 0 aliphatic carbocycles. The minimum absolute atomic E-state index is 0.323. The van der Waals surface area contributed by atoms with Gasteiger partial charge in [-0.25, -0.2) is 18.1 Å². The first kappa shape index (κ1) is 25.3. The van der Waals surface area contributed by atoms with E-state index in [-0.39, 0.29) is 0 Å². The Hall–Kier alpha value is -4.94. The quantitative estimate of drug-likeness (QED) is 0.292. The van der Waals surface area contributed by atoms with E-state index in [0.717, 1.165) is 56.2 Å². The van der Waals surface area contributed by atoms with Gasteiger partial charge in [0.05, 0.1) is 35.3 Å². The van der Waals surface area contributed by atoms with E-state index >= 15 is 0 Å². The molecule has 3 heterocycles. The van der Waals surface area contributed by atoms with Gasteiger partial charge in [-0.05, 0) is 94.9 Å². The normalized spacial score (nSPS) is 13.9. The molecule has 0 fully saturated rings. The highest BCUT2D eigenvalue weighted by Crippen LogP contribution is 2.43. The van der Waals surface area contributed by atoms with Crippen molar-refractivity contribution in [2.24, 2.45) is 0 Å². The summed E-state index contributed by atoms with van der Waals surface area (Å²) in [6, 6.07) is 25.0. The summed E-state index contributed by atoms with van der Waals surface area (Å²) in [6.07, 6.45) is 5.38. The zero-order valence-corrected chi connectivity index (χ0v) is 22.7. The van der Waals surface area contributed by atoms with E-state index in [1.54, 1.807) is 24.4 Å². The Morgan fingerprint density at radius 2 is 1.90 bits per heavy atom. The lowest BCUT2D eigenvalue weighted by Crippen LogP contribution is -2.09. The van der Waals surface area contributed by atoms with Crippen LogP contribution in [-0.2, 0) is 16.6 Å². The zero-order chi connectivity index (χ0) is 27.9. The number of aromatic nitrogens is 3. The molecule has 0 spiro atoms. The lowest BCUT2D eigenvalue weighted by Gasteiger charge is -2.18. The Morgan fingerprint density at radius 1 is 1.07 bits per heavy atom. The van der Waals surface area contributed by atoms with Crippen molar-refractivity contribution in [1.82, 2.24) is 14.8 Å². The van der Waals surface area contributed by atoms with Crippen molar-refractivity contribution in [2.75, 3.05) is 11.0 Å². The molecule has 0 radical (unpaired) electrons. The number of hydrogen-bond donors (Lipinski definition) is 1. The number of nitriles is 1. The first-order valence-corrected chi connectivity index (χ1v) is 14.6. The summed E-state index contributed by atoms with van der Waals surface area (Å²) >= 11 is 0. The highest BCUT2D eigenvalue weighted by atomic mass is 32.2. The van der Waals surface area contributed by atoms with Gasteiger partial charge in [-0.3, -0.25) is 4.72 Å². The third kappa shape index (κ3) is 4.70. The number of rotatable bonds is 5. The first-order valence-electron chi connectivity index (χ1n) is 12.8. The highest BCUT2D eigenvalue weighted by Gasteiger charge is 2.25.